The molecule has 2 rings (SSSR count). The molecule has 0 unspecified atom stereocenters. The number of benzene rings is 1. The maximum atomic E-state index is 12.7. The maximum absolute atomic E-state index is 12.7. The Bertz CT molecular complexity index is 576. The number of aryl methyl sites for hydroxylation is 1. The van der Waals surface area contributed by atoms with E-state index in [9.17, 15) is 8.78 Å². The van der Waals surface area contributed by atoms with Gasteiger partial charge in [0.2, 0.25) is 0 Å². The van der Waals surface area contributed by atoms with Gasteiger partial charge in [-0.1, -0.05) is 25.1 Å². The normalized spacial score (nSPS) is 11.2. The average Bonchev–Trinajstić information content (AvgIpc) is 2.75. The van der Waals surface area contributed by atoms with Crippen molar-refractivity contribution < 1.29 is 8.78 Å². The van der Waals surface area contributed by atoms with Crippen molar-refractivity contribution in [1.29, 1.82) is 0 Å². The van der Waals surface area contributed by atoms with Crippen molar-refractivity contribution in [3.05, 3.63) is 35.7 Å². The van der Waals surface area contributed by atoms with Crippen LogP contribution in [0.1, 0.15) is 31.7 Å². The Kier molecular flexibility index (Phi) is 3.83. The molecule has 102 valence electrons. The lowest BCUT2D eigenvalue weighted by atomic mass is 10.1. The number of aromatic nitrogens is 2. The van der Waals surface area contributed by atoms with Gasteiger partial charge in [-0.3, -0.25) is 0 Å². The second-order valence-corrected chi connectivity index (χ2v) is 4.29. The Labute approximate surface area is 111 Å². The summed E-state index contributed by atoms with van der Waals surface area (Å²) in [6, 6.07) is 6.21. The van der Waals surface area contributed by atoms with E-state index in [2.05, 4.69) is 4.98 Å². The van der Waals surface area contributed by atoms with E-state index in [1.807, 2.05) is 18.4 Å². The standard InChI is InChI=1S/C14H17F2N3/c1-3-11-18-12(14(17)19(11)4-2)9-6-5-7-10(8-9)13(15)16/h5-8,13H,3-4,17H2,1-2H3. The lowest BCUT2D eigenvalue weighted by Gasteiger charge is -2.05. The highest BCUT2D eigenvalue weighted by molar-refractivity contribution is 5.71. The number of anilines is 1. The average molecular weight is 265 g/mol. The zero-order valence-corrected chi connectivity index (χ0v) is 11.0. The molecule has 0 aliphatic rings. The van der Waals surface area contributed by atoms with Gasteiger partial charge in [-0.15, -0.1) is 0 Å². The molecule has 0 saturated heterocycles. The molecule has 0 fully saturated rings. The SMILES string of the molecule is CCc1nc(-c2cccc(C(F)F)c2)c(N)n1CC. The minimum absolute atomic E-state index is 0.0130. The van der Waals surface area contributed by atoms with Crippen LogP contribution in [-0.4, -0.2) is 9.55 Å². The predicted molar refractivity (Wildman–Crippen MR) is 72.1 cm³/mol. The quantitative estimate of drug-likeness (QED) is 0.917. The van der Waals surface area contributed by atoms with Gasteiger partial charge in [0.25, 0.3) is 6.43 Å². The van der Waals surface area contributed by atoms with Gasteiger partial charge < -0.3 is 10.3 Å². The first-order valence-corrected chi connectivity index (χ1v) is 6.31. The van der Waals surface area contributed by atoms with Gasteiger partial charge in [-0.2, -0.15) is 0 Å². The summed E-state index contributed by atoms with van der Waals surface area (Å²) < 4.78 is 27.4. The first-order valence-electron chi connectivity index (χ1n) is 6.31. The summed E-state index contributed by atoms with van der Waals surface area (Å²) in [5.74, 6) is 1.41. The maximum Gasteiger partial charge on any atom is 0.263 e. The molecule has 0 bridgehead atoms. The third kappa shape index (κ3) is 2.45. The summed E-state index contributed by atoms with van der Waals surface area (Å²) in [7, 11) is 0. The predicted octanol–water partition coefficient (Wildman–Crippen LogP) is 3.65. The van der Waals surface area contributed by atoms with Crippen LogP contribution in [-0.2, 0) is 13.0 Å². The number of nitrogens with zero attached hydrogens (tertiary/aromatic N) is 2. The molecule has 0 amide bonds. The monoisotopic (exact) mass is 265 g/mol. The van der Waals surface area contributed by atoms with Crippen LogP contribution in [0.5, 0.6) is 0 Å². The summed E-state index contributed by atoms with van der Waals surface area (Å²) in [5, 5.41) is 0. The fourth-order valence-electron chi connectivity index (χ4n) is 2.17. The zero-order chi connectivity index (χ0) is 14.0. The summed E-state index contributed by atoms with van der Waals surface area (Å²) in [5.41, 5.74) is 7.27. The number of imidazole rings is 1. The van der Waals surface area contributed by atoms with Crippen molar-refractivity contribution in [2.45, 2.75) is 33.2 Å². The third-order valence-electron chi connectivity index (χ3n) is 3.13. The van der Waals surface area contributed by atoms with Crippen LogP contribution in [0.3, 0.4) is 0 Å². The van der Waals surface area contributed by atoms with E-state index in [0.717, 1.165) is 18.8 Å². The summed E-state index contributed by atoms with van der Waals surface area (Å²) in [6.45, 7) is 4.69. The number of alkyl halides is 2. The molecular formula is C14H17F2N3. The van der Waals surface area contributed by atoms with Crippen molar-refractivity contribution in [2.24, 2.45) is 0 Å². The Balaban J connectivity index is 2.53. The van der Waals surface area contributed by atoms with Gasteiger partial charge in [-0.05, 0) is 13.0 Å². The van der Waals surface area contributed by atoms with Crippen LogP contribution in [0, 0.1) is 0 Å². The molecule has 5 heteroatoms. The smallest absolute Gasteiger partial charge is 0.263 e. The fraction of sp³-hybridized carbons (Fsp3) is 0.357. The van der Waals surface area contributed by atoms with E-state index in [1.165, 1.54) is 12.1 Å². The van der Waals surface area contributed by atoms with Crippen molar-refractivity contribution >= 4 is 5.82 Å². The molecule has 2 aromatic rings. The minimum atomic E-state index is -2.49. The van der Waals surface area contributed by atoms with Crippen LogP contribution in [0.4, 0.5) is 14.6 Å². The highest BCUT2D eigenvalue weighted by Gasteiger charge is 2.15. The Morgan fingerprint density at radius 3 is 2.58 bits per heavy atom. The van der Waals surface area contributed by atoms with Crippen molar-refractivity contribution in [3.63, 3.8) is 0 Å². The number of hydrogen-bond donors (Lipinski definition) is 1. The number of hydrogen-bond acceptors (Lipinski definition) is 2. The number of nitrogen functional groups attached to an aromatic ring is 1. The van der Waals surface area contributed by atoms with Gasteiger partial charge >= 0.3 is 0 Å². The van der Waals surface area contributed by atoms with E-state index in [0.29, 0.717) is 17.1 Å². The summed E-state index contributed by atoms with van der Waals surface area (Å²) in [6.07, 6.45) is -1.73. The zero-order valence-electron chi connectivity index (χ0n) is 11.0. The molecule has 0 saturated carbocycles. The summed E-state index contributed by atoms with van der Waals surface area (Å²) >= 11 is 0. The summed E-state index contributed by atoms with van der Waals surface area (Å²) in [4.78, 5) is 4.46. The molecule has 19 heavy (non-hydrogen) atoms. The number of nitrogens with two attached hydrogens (primary N) is 1. The van der Waals surface area contributed by atoms with E-state index in [4.69, 9.17) is 5.73 Å². The number of rotatable bonds is 4. The van der Waals surface area contributed by atoms with Crippen LogP contribution in [0.2, 0.25) is 0 Å². The first-order chi connectivity index (χ1) is 9.08. The molecule has 1 aromatic heterocycles. The Hall–Kier alpha value is -1.91. The third-order valence-corrected chi connectivity index (χ3v) is 3.13. The van der Waals surface area contributed by atoms with Gasteiger partial charge in [0.15, 0.2) is 0 Å². The second kappa shape index (κ2) is 5.38. The first kappa shape index (κ1) is 13.5. The Morgan fingerprint density at radius 2 is 2.05 bits per heavy atom. The highest BCUT2D eigenvalue weighted by Crippen LogP contribution is 2.29. The van der Waals surface area contributed by atoms with Gasteiger partial charge in [0.1, 0.15) is 17.3 Å². The second-order valence-electron chi connectivity index (χ2n) is 4.29. The lowest BCUT2D eigenvalue weighted by Crippen LogP contribution is -2.04. The fourth-order valence-corrected chi connectivity index (χ4v) is 2.17. The van der Waals surface area contributed by atoms with Crippen LogP contribution in [0.15, 0.2) is 24.3 Å². The largest absolute Gasteiger partial charge is 0.383 e. The molecule has 0 radical (unpaired) electrons. The van der Waals surface area contributed by atoms with E-state index < -0.39 is 6.43 Å². The van der Waals surface area contributed by atoms with E-state index in [-0.39, 0.29) is 5.56 Å². The molecule has 1 heterocycles. The van der Waals surface area contributed by atoms with Crippen LogP contribution in [0.25, 0.3) is 11.3 Å². The van der Waals surface area contributed by atoms with Crippen molar-refractivity contribution in [2.75, 3.05) is 5.73 Å². The molecule has 0 spiro atoms. The van der Waals surface area contributed by atoms with E-state index in [1.54, 1.807) is 12.1 Å². The van der Waals surface area contributed by atoms with Crippen LogP contribution >= 0.6 is 0 Å². The molecule has 0 aliphatic carbocycles. The van der Waals surface area contributed by atoms with Gasteiger partial charge in [-0.25, -0.2) is 13.8 Å². The lowest BCUT2D eigenvalue weighted by molar-refractivity contribution is 0.151. The molecule has 1 aromatic carbocycles. The molecule has 0 aliphatic heterocycles. The van der Waals surface area contributed by atoms with Gasteiger partial charge in [0.05, 0.1) is 0 Å². The Morgan fingerprint density at radius 1 is 1.32 bits per heavy atom. The van der Waals surface area contributed by atoms with E-state index >= 15 is 0 Å². The molecule has 0 atom stereocenters. The van der Waals surface area contributed by atoms with Crippen molar-refractivity contribution in [1.82, 2.24) is 9.55 Å². The molecular weight excluding hydrogens is 248 g/mol. The minimum Gasteiger partial charge on any atom is -0.383 e. The topological polar surface area (TPSA) is 43.8 Å². The van der Waals surface area contributed by atoms with Gasteiger partial charge in [0, 0.05) is 24.1 Å². The molecule has 2 N–H and O–H groups in total. The van der Waals surface area contributed by atoms with Crippen LogP contribution < -0.4 is 5.73 Å². The highest BCUT2D eigenvalue weighted by atomic mass is 19.3. The number of halogens is 2. The molecule has 3 nitrogen and oxygen atoms in total. The van der Waals surface area contributed by atoms with Crippen molar-refractivity contribution in [3.8, 4) is 11.3 Å².